The first-order chi connectivity index (χ1) is 12.5. The Hall–Kier alpha value is -2.63. The van der Waals surface area contributed by atoms with E-state index in [1.807, 2.05) is 43.3 Å². The molecule has 138 valence electrons. The number of carboxylic acid groups (broad SMARTS) is 1. The van der Waals surface area contributed by atoms with Gasteiger partial charge in [-0.3, -0.25) is 14.4 Å². The minimum Gasteiger partial charge on any atom is -0.481 e. The van der Waals surface area contributed by atoms with E-state index in [-0.39, 0.29) is 17.9 Å². The van der Waals surface area contributed by atoms with E-state index in [0.717, 1.165) is 24.2 Å². The minimum atomic E-state index is -0.929. The Morgan fingerprint density at radius 2 is 1.81 bits per heavy atom. The standard InChI is InChI=1S/C20H24N2O4/c1-13(21-19(24)16-5-2-3-6-17(16)20(25)26)14-8-10-15(11-9-14)22-12-4-7-18(22)23/h2-3,8-11,13,16-17H,4-7,12H2,1H3,(H,21,24)(H,25,26)/t13?,16-,17+/m1/s1. The molecule has 2 N–H and O–H groups in total. The topological polar surface area (TPSA) is 86.7 Å². The summed E-state index contributed by atoms with van der Waals surface area (Å²) in [5.41, 5.74) is 1.80. The Morgan fingerprint density at radius 3 is 2.38 bits per heavy atom. The molecular formula is C20H24N2O4. The molecule has 0 spiro atoms. The molecule has 1 unspecified atom stereocenters. The first-order valence-corrected chi connectivity index (χ1v) is 9.06. The number of benzene rings is 1. The summed E-state index contributed by atoms with van der Waals surface area (Å²) in [6.45, 7) is 2.62. The van der Waals surface area contributed by atoms with Crippen LogP contribution in [0.5, 0.6) is 0 Å². The van der Waals surface area contributed by atoms with Crippen LogP contribution < -0.4 is 10.2 Å². The number of hydrogen-bond acceptors (Lipinski definition) is 3. The third kappa shape index (κ3) is 3.79. The highest BCUT2D eigenvalue weighted by molar-refractivity contribution is 5.95. The summed E-state index contributed by atoms with van der Waals surface area (Å²) in [6.07, 6.45) is 6.01. The van der Waals surface area contributed by atoms with Gasteiger partial charge in [0.25, 0.3) is 0 Å². The Balaban J connectivity index is 1.64. The monoisotopic (exact) mass is 356 g/mol. The molecule has 0 saturated carbocycles. The molecule has 3 rings (SSSR count). The van der Waals surface area contributed by atoms with Gasteiger partial charge in [0.05, 0.1) is 17.9 Å². The van der Waals surface area contributed by atoms with Crippen LogP contribution in [-0.4, -0.2) is 29.4 Å². The van der Waals surface area contributed by atoms with Crippen molar-refractivity contribution in [3.8, 4) is 0 Å². The second-order valence-electron chi connectivity index (χ2n) is 6.96. The van der Waals surface area contributed by atoms with Crippen molar-refractivity contribution in [3.05, 3.63) is 42.0 Å². The molecule has 1 heterocycles. The van der Waals surface area contributed by atoms with Gasteiger partial charge in [0.1, 0.15) is 0 Å². The summed E-state index contributed by atoms with van der Waals surface area (Å²) in [4.78, 5) is 37.5. The third-order valence-corrected chi connectivity index (χ3v) is 5.22. The van der Waals surface area contributed by atoms with Gasteiger partial charge in [-0.2, -0.15) is 0 Å². The number of carbonyl (C=O) groups excluding carboxylic acids is 2. The number of rotatable bonds is 5. The summed E-state index contributed by atoms with van der Waals surface area (Å²) in [5.74, 6) is -2.23. The van der Waals surface area contributed by atoms with Gasteiger partial charge in [-0.1, -0.05) is 24.3 Å². The summed E-state index contributed by atoms with van der Waals surface area (Å²) in [6, 6.07) is 7.36. The number of carbonyl (C=O) groups is 3. The van der Waals surface area contributed by atoms with Crippen molar-refractivity contribution in [2.75, 3.05) is 11.4 Å². The van der Waals surface area contributed by atoms with Gasteiger partial charge in [0.2, 0.25) is 11.8 Å². The van der Waals surface area contributed by atoms with Gasteiger partial charge >= 0.3 is 5.97 Å². The maximum absolute atomic E-state index is 12.6. The number of allylic oxidation sites excluding steroid dienone is 2. The molecular weight excluding hydrogens is 332 g/mol. The summed E-state index contributed by atoms with van der Waals surface area (Å²) in [7, 11) is 0. The van der Waals surface area contributed by atoms with Crippen LogP contribution in [0.4, 0.5) is 5.69 Å². The lowest BCUT2D eigenvalue weighted by atomic mass is 9.82. The molecule has 1 aliphatic heterocycles. The van der Waals surface area contributed by atoms with Crippen LogP contribution in [0.15, 0.2) is 36.4 Å². The van der Waals surface area contributed by atoms with E-state index in [2.05, 4.69) is 5.32 Å². The molecule has 1 aliphatic carbocycles. The Kier molecular flexibility index (Phi) is 5.40. The highest BCUT2D eigenvalue weighted by atomic mass is 16.4. The van der Waals surface area contributed by atoms with Crippen molar-refractivity contribution in [2.45, 2.75) is 38.6 Å². The number of carboxylic acids is 1. The lowest BCUT2D eigenvalue weighted by Crippen LogP contribution is -2.39. The van der Waals surface area contributed by atoms with E-state index in [1.165, 1.54) is 0 Å². The molecule has 0 bridgehead atoms. The fourth-order valence-corrected chi connectivity index (χ4v) is 3.64. The number of nitrogens with zero attached hydrogens (tertiary/aromatic N) is 1. The SMILES string of the molecule is CC(NC(=O)[C@@H]1CC=CC[C@@H]1C(=O)O)c1ccc(N2CCCC2=O)cc1. The first-order valence-electron chi connectivity index (χ1n) is 9.06. The number of aliphatic carboxylic acids is 1. The van der Waals surface area contributed by atoms with Gasteiger partial charge in [-0.05, 0) is 43.9 Å². The maximum Gasteiger partial charge on any atom is 0.307 e. The molecule has 26 heavy (non-hydrogen) atoms. The van der Waals surface area contributed by atoms with Crippen molar-refractivity contribution in [1.82, 2.24) is 5.32 Å². The molecule has 1 saturated heterocycles. The van der Waals surface area contributed by atoms with Crippen LogP contribution in [-0.2, 0) is 14.4 Å². The van der Waals surface area contributed by atoms with Gasteiger partial charge in [0, 0.05) is 18.7 Å². The van der Waals surface area contributed by atoms with Gasteiger partial charge in [-0.15, -0.1) is 0 Å². The molecule has 0 aromatic heterocycles. The third-order valence-electron chi connectivity index (χ3n) is 5.22. The highest BCUT2D eigenvalue weighted by Crippen LogP contribution is 2.28. The van der Waals surface area contributed by atoms with Crippen LogP contribution in [0.25, 0.3) is 0 Å². The Bertz CT molecular complexity index is 726. The van der Waals surface area contributed by atoms with Crippen molar-refractivity contribution < 1.29 is 19.5 Å². The van der Waals surface area contributed by atoms with Crippen LogP contribution >= 0.6 is 0 Å². The zero-order valence-electron chi connectivity index (χ0n) is 14.9. The zero-order chi connectivity index (χ0) is 18.7. The highest BCUT2D eigenvalue weighted by Gasteiger charge is 2.34. The largest absolute Gasteiger partial charge is 0.481 e. The molecule has 2 aliphatic rings. The average Bonchev–Trinajstić information content (AvgIpc) is 3.07. The Morgan fingerprint density at radius 1 is 1.15 bits per heavy atom. The van der Waals surface area contributed by atoms with Crippen molar-refractivity contribution in [3.63, 3.8) is 0 Å². The molecule has 1 aromatic rings. The quantitative estimate of drug-likeness (QED) is 0.794. The first kappa shape index (κ1) is 18.2. The number of nitrogens with one attached hydrogen (secondary N) is 1. The summed E-state index contributed by atoms with van der Waals surface area (Å²) in [5, 5.41) is 12.3. The fraction of sp³-hybridized carbons (Fsp3) is 0.450. The Labute approximate surface area is 152 Å². The van der Waals surface area contributed by atoms with Crippen molar-refractivity contribution in [1.29, 1.82) is 0 Å². The van der Waals surface area contributed by atoms with Crippen LogP contribution in [0.2, 0.25) is 0 Å². The lowest BCUT2D eigenvalue weighted by molar-refractivity contribution is -0.147. The molecule has 3 atom stereocenters. The fourth-order valence-electron chi connectivity index (χ4n) is 3.64. The lowest BCUT2D eigenvalue weighted by Gasteiger charge is -2.26. The summed E-state index contributed by atoms with van der Waals surface area (Å²) < 4.78 is 0. The smallest absolute Gasteiger partial charge is 0.307 e. The minimum absolute atomic E-state index is 0.143. The number of hydrogen-bond donors (Lipinski definition) is 2. The van der Waals surface area contributed by atoms with E-state index in [1.54, 1.807) is 4.90 Å². The van der Waals surface area contributed by atoms with Gasteiger partial charge in [0.15, 0.2) is 0 Å². The second kappa shape index (κ2) is 7.72. The number of anilines is 1. The predicted octanol–water partition coefficient (Wildman–Crippen LogP) is 2.66. The molecule has 6 nitrogen and oxygen atoms in total. The maximum atomic E-state index is 12.6. The van der Waals surface area contributed by atoms with E-state index >= 15 is 0 Å². The molecule has 0 radical (unpaired) electrons. The van der Waals surface area contributed by atoms with Gasteiger partial charge < -0.3 is 15.3 Å². The predicted molar refractivity (Wildman–Crippen MR) is 97.6 cm³/mol. The average molecular weight is 356 g/mol. The molecule has 2 amide bonds. The van der Waals surface area contributed by atoms with Crippen molar-refractivity contribution in [2.24, 2.45) is 11.8 Å². The van der Waals surface area contributed by atoms with E-state index in [9.17, 15) is 19.5 Å². The summed E-state index contributed by atoms with van der Waals surface area (Å²) >= 11 is 0. The van der Waals surface area contributed by atoms with Gasteiger partial charge in [-0.25, -0.2) is 0 Å². The molecule has 1 aromatic carbocycles. The molecule has 6 heteroatoms. The van der Waals surface area contributed by atoms with Crippen LogP contribution in [0.1, 0.15) is 44.2 Å². The van der Waals surface area contributed by atoms with Crippen LogP contribution in [0.3, 0.4) is 0 Å². The van der Waals surface area contributed by atoms with E-state index in [0.29, 0.717) is 19.3 Å². The normalized spacial score (nSPS) is 23.7. The van der Waals surface area contributed by atoms with Crippen LogP contribution in [0, 0.1) is 11.8 Å². The van der Waals surface area contributed by atoms with E-state index in [4.69, 9.17) is 0 Å². The number of amides is 2. The van der Waals surface area contributed by atoms with Crippen molar-refractivity contribution >= 4 is 23.5 Å². The zero-order valence-corrected chi connectivity index (χ0v) is 14.9. The van der Waals surface area contributed by atoms with E-state index < -0.39 is 17.8 Å². The second-order valence-corrected chi connectivity index (χ2v) is 6.96. The molecule has 1 fully saturated rings.